The van der Waals surface area contributed by atoms with Crippen molar-refractivity contribution in [1.82, 2.24) is 9.55 Å². The highest BCUT2D eigenvalue weighted by Gasteiger charge is 2.09. The molecule has 0 bridgehead atoms. The van der Waals surface area contributed by atoms with E-state index in [1.54, 1.807) is 0 Å². The minimum Gasteiger partial charge on any atom is -0.308 e. The van der Waals surface area contributed by atoms with Gasteiger partial charge in [0.05, 0.1) is 6.33 Å². The second-order valence-electron chi connectivity index (χ2n) is 2.67. The van der Waals surface area contributed by atoms with E-state index in [4.69, 9.17) is 0 Å². The summed E-state index contributed by atoms with van der Waals surface area (Å²) in [5, 5.41) is 0. The Hall–Kier alpha value is -1.05. The van der Waals surface area contributed by atoms with Crippen LogP contribution in [0.3, 0.4) is 0 Å². The fraction of sp³-hybridized carbons (Fsp3) is 0.375. The summed E-state index contributed by atoms with van der Waals surface area (Å²) in [4.78, 5) is 4.06. The molecule has 0 atom stereocenters. The summed E-state index contributed by atoms with van der Waals surface area (Å²) in [6.07, 6.45) is 7.26. The maximum Gasteiger partial charge on any atom is 0.0991 e. The Labute approximate surface area is 60.2 Å². The van der Waals surface area contributed by atoms with E-state index in [0.29, 0.717) is 0 Å². The van der Waals surface area contributed by atoms with Crippen LogP contribution in [-0.2, 0) is 6.42 Å². The second-order valence-corrected chi connectivity index (χ2v) is 2.67. The summed E-state index contributed by atoms with van der Waals surface area (Å²) >= 11 is 0. The highest BCUT2D eigenvalue weighted by molar-refractivity contribution is 5.44. The van der Waals surface area contributed by atoms with E-state index < -0.39 is 0 Å². The molecule has 52 valence electrons. The first-order valence-corrected chi connectivity index (χ1v) is 3.57. The Morgan fingerprint density at radius 2 is 2.40 bits per heavy atom. The lowest BCUT2D eigenvalue weighted by Gasteiger charge is -2.15. The average Bonchev–Trinajstić information content (AvgIpc) is 2.36. The summed E-state index contributed by atoms with van der Waals surface area (Å²) in [5.74, 6) is 0. The van der Waals surface area contributed by atoms with Gasteiger partial charge in [0.25, 0.3) is 0 Å². The van der Waals surface area contributed by atoms with Crippen LogP contribution in [0.1, 0.15) is 18.5 Å². The first-order chi connectivity index (χ1) is 4.88. The monoisotopic (exact) mass is 134 g/mol. The molecule has 1 aromatic rings. The Morgan fingerprint density at radius 1 is 1.50 bits per heavy atom. The molecule has 0 amide bonds. The highest BCUT2D eigenvalue weighted by Crippen LogP contribution is 2.20. The van der Waals surface area contributed by atoms with Gasteiger partial charge in [-0.05, 0) is 19.3 Å². The zero-order valence-corrected chi connectivity index (χ0v) is 5.88. The molecular weight excluding hydrogens is 124 g/mol. The number of imidazole rings is 1. The van der Waals surface area contributed by atoms with Crippen molar-refractivity contribution in [3.63, 3.8) is 0 Å². The molecule has 0 aromatic carbocycles. The fourth-order valence-electron chi connectivity index (χ4n) is 1.39. The molecule has 2 heterocycles. The fourth-order valence-corrected chi connectivity index (χ4v) is 1.39. The summed E-state index contributed by atoms with van der Waals surface area (Å²) in [6, 6.07) is 0. The number of aromatic nitrogens is 2. The third-order valence-electron chi connectivity index (χ3n) is 1.95. The van der Waals surface area contributed by atoms with Gasteiger partial charge in [-0.15, -0.1) is 0 Å². The van der Waals surface area contributed by atoms with Crippen LogP contribution < -0.4 is 0 Å². The van der Waals surface area contributed by atoms with Gasteiger partial charge in [-0.3, -0.25) is 0 Å². The van der Waals surface area contributed by atoms with Crippen molar-refractivity contribution in [3.8, 4) is 0 Å². The van der Waals surface area contributed by atoms with Gasteiger partial charge in [0.15, 0.2) is 0 Å². The molecule has 0 unspecified atom stereocenters. The molecule has 0 N–H and O–H groups in total. The van der Waals surface area contributed by atoms with Crippen molar-refractivity contribution >= 4 is 5.70 Å². The van der Waals surface area contributed by atoms with E-state index in [1.807, 2.05) is 12.5 Å². The third kappa shape index (κ3) is 0.685. The Kier molecular flexibility index (Phi) is 1.13. The smallest absolute Gasteiger partial charge is 0.0991 e. The zero-order chi connectivity index (χ0) is 6.97. The first-order valence-electron chi connectivity index (χ1n) is 3.57. The van der Waals surface area contributed by atoms with Crippen LogP contribution >= 0.6 is 0 Å². The molecule has 2 nitrogen and oxygen atoms in total. The molecule has 0 spiro atoms. The largest absolute Gasteiger partial charge is 0.308 e. The van der Waals surface area contributed by atoms with Crippen molar-refractivity contribution < 1.29 is 0 Å². The van der Waals surface area contributed by atoms with Crippen LogP contribution in [0.5, 0.6) is 0 Å². The molecule has 10 heavy (non-hydrogen) atoms. The van der Waals surface area contributed by atoms with E-state index in [-0.39, 0.29) is 0 Å². The van der Waals surface area contributed by atoms with Crippen LogP contribution in [0.4, 0.5) is 0 Å². The quantitative estimate of drug-likeness (QED) is 0.528. The summed E-state index contributed by atoms with van der Waals surface area (Å²) in [7, 11) is 0. The predicted octanol–water partition coefficient (Wildman–Crippen LogP) is 1.69. The lowest BCUT2D eigenvalue weighted by atomic mass is 10.1. The van der Waals surface area contributed by atoms with Gasteiger partial charge in [-0.25, -0.2) is 4.98 Å². The van der Waals surface area contributed by atoms with Crippen LogP contribution in [0, 0.1) is 0 Å². The minimum absolute atomic E-state index is 1.11. The molecule has 1 aliphatic heterocycles. The normalized spacial score (nSPS) is 17.0. The second kappa shape index (κ2) is 1.97. The maximum atomic E-state index is 4.06. The van der Waals surface area contributed by atoms with Gasteiger partial charge in [0.2, 0.25) is 0 Å². The maximum absolute atomic E-state index is 4.06. The van der Waals surface area contributed by atoms with Crippen molar-refractivity contribution in [1.29, 1.82) is 0 Å². The molecular formula is C8H10N2. The van der Waals surface area contributed by atoms with Crippen LogP contribution in [0.2, 0.25) is 0 Å². The van der Waals surface area contributed by atoms with Gasteiger partial charge in [0, 0.05) is 17.6 Å². The molecule has 0 saturated heterocycles. The number of fused-ring (bicyclic) bond motifs is 1. The third-order valence-corrected chi connectivity index (χ3v) is 1.95. The summed E-state index contributed by atoms with van der Waals surface area (Å²) < 4.78 is 2.09. The van der Waals surface area contributed by atoms with Crippen molar-refractivity contribution in [2.45, 2.75) is 19.3 Å². The van der Waals surface area contributed by atoms with Gasteiger partial charge < -0.3 is 4.57 Å². The molecule has 0 fully saturated rings. The van der Waals surface area contributed by atoms with E-state index in [1.165, 1.54) is 17.8 Å². The average molecular weight is 134 g/mol. The summed E-state index contributed by atoms with van der Waals surface area (Å²) in [6.45, 7) is 3.95. The molecule has 0 radical (unpaired) electrons. The lowest BCUT2D eigenvalue weighted by Crippen LogP contribution is -2.06. The Morgan fingerprint density at radius 3 is 3.20 bits per heavy atom. The Balaban J connectivity index is 2.50. The number of hydrogen-bond acceptors (Lipinski definition) is 1. The lowest BCUT2D eigenvalue weighted by molar-refractivity contribution is 0.730. The van der Waals surface area contributed by atoms with E-state index >= 15 is 0 Å². The number of rotatable bonds is 0. The summed E-state index contributed by atoms with van der Waals surface area (Å²) in [5.41, 5.74) is 2.48. The van der Waals surface area contributed by atoms with Gasteiger partial charge in [-0.1, -0.05) is 6.58 Å². The number of hydrogen-bond donors (Lipinski definition) is 0. The zero-order valence-electron chi connectivity index (χ0n) is 5.88. The van der Waals surface area contributed by atoms with E-state index in [2.05, 4.69) is 16.1 Å². The van der Waals surface area contributed by atoms with Crippen LogP contribution in [-0.4, -0.2) is 9.55 Å². The van der Waals surface area contributed by atoms with E-state index in [0.717, 1.165) is 12.8 Å². The van der Waals surface area contributed by atoms with Crippen molar-refractivity contribution in [3.05, 3.63) is 24.8 Å². The van der Waals surface area contributed by atoms with Gasteiger partial charge >= 0.3 is 0 Å². The Bertz CT molecular complexity index is 260. The van der Waals surface area contributed by atoms with Crippen LogP contribution in [0.25, 0.3) is 5.70 Å². The van der Waals surface area contributed by atoms with Gasteiger partial charge in [-0.2, -0.15) is 0 Å². The standard InChI is InChI=1S/C8H10N2/c1-7-3-2-4-8-5-9-6-10(7)8/h5-6H,1-4H2. The minimum atomic E-state index is 1.11. The molecule has 2 rings (SSSR count). The molecule has 1 aliphatic rings. The van der Waals surface area contributed by atoms with Gasteiger partial charge in [0.1, 0.15) is 0 Å². The predicted molar refractivity (Wildman–Crippen MR) is 40.5 cm³/mol. The number of nitrogens with zero attached hydrogens (tertiary/aromatic N) is 2. The van der Waals surface area contributed by atoms with Crippen molar-refractivity contribution in [2.75, 3.05) is 0 Å². The molecule has 2 heteroatoms. The van der Waals surface area contributed by atoms with Crippen LogP contribution in [0.15, 0.2) is 19.1 Å². The highest BCUT2D eigenvalue weighted by atomic mass is 15.1. The topological polar surface area (TPSA) is 17.8 Å². The number of aryl methyl sites for hydroxylation is 1. The molecule has 0 saturated carbocycles. The molecule has 0 aliphatic carbocycles. The molecule has 1 aromatic heterocycles. The first kappa shape index (κ1) is 5.71. The SMILES string of the molecule is C=C1CCCc2cncn21. The van der Waals surface area contributed by atoms with Crippen molar-refractivity contribution in [2.24, 2.45) is 0 Å². The number of allylic oxidation sites excluding steroid dienone is 1. The van der Waals surface area contributed by atoms with E-state index in [9.17, 15) is 0 Å².